The predicted molar refractivity (Wildman–Crippen MR) is 353 cm³/mol. The fourth-order valence-electron chi connectivity index (χ4n) is 11.6. The molecule has 2 heterocycles. The standard InChI is InChI=1S/C77H68O18Si/c1-76(2,3)96(59-45-27-11-28-46-59,60-47-29-12-30-48-60)87-50-62-64(90-71(81)55-37-19-7-20-38-55)67(93-74(84)58-43-25-10-26-44-58)77(94-62,51-86-69(79)53-33-15-5-16-34-53)95-75-66(92-73(83)57-41-23-9-24-42-57)65(91-72(82)56-39-21-8-22-40-56)63(89-70(80)54-35-17-6-18-36-54)61(88-75)49-85-68(78)52-31-13-4-14-32-52/h4-48,61-67,75H,49-51H2,1-3H3/t61-,62-,63-,64-,65+,66-,67+,75-,77+/m1/s1. The van der Waals surface area contributed by atoms with E-state index in [-0.39, 0.29) is 38.9 Å². The molecule has 9 aromatic rings. The Labute approximate surface area is 555 Å². The second-order valence-electron chi connectivity index (χ2n) is 23.6. The van der Waals surface area contributed by atoms with E-state index in [1.807, 2.05) is 60.7 Å². The molecule has 0 N–H and O–H groups in total. The van der Waals surface area contributed by atoms with Crippen molar-refractivity contribution in [3.05, 3.63) is 312 Å². The first-order valence-electron chi connectivity index (χ1n) is 31.1. The third-order valence-corrected chi connectivity index (χ3v) is 21.3. The van der Waals surface area contributed by atoms with E-state index in [0.717, 1.165) is 10.4 Å². The maximum atomic E-state index is 15.2. The lowest BCUT2D eigenvalue weighted by atomic mass is 9.97. The summed E-state index contributed by atoms with van der Waals surface area (Å²) in [4.78, 5) is 103. The van der Waals surface area contributed by atoms with Crippen LogP contribution in [0.4, 0.5) is 0 Å². The lowest BCUT2D eigenvalue weighted by molar-refractivity contribution is -0.380. The van der Waals surface area contributed by atoms with Crippen molar-refractivity contribution in [1.82, 2.24) is 0 Å². The summed E-state index contributed by atoms with van der Waals surface area (Å²) < 4.78 is 74.1. The summed E-state index contributed by atoms with van der Waals surface area (Å²) in [6.07, 6.45) is -15.3. The van der Waals surface area contributed by atoms with Crippen molar-refractivity contribution in [3.63, 3.8) is 0 Å². The van der Waals surface area contributed by atoms with Gasteiger partial charge in [0.15, 0.2) is 30.5 Å². The summed E-state index contributed by atoms with van der Waals surface area (Å²) in [7, 11) is -3.61. The summed E-state index contributed by atoms with van der Waals surface area (Å²) >= 11 is 0. The molecule has 0 spiro atoms. The Kier molecular flexibility index (Phi) is 21.3. The number of carbonyl (C=O) groups excluding carboxylic acids is 7. The van der Waals surface area contributed by atoms with Gasteiger partial charge < -0.3 is 51.8 Å². The van der Waals surface area contributed by atoms with Gasteiger partial charge in [0.25, 0.3) is 8.32 Å². The quantitative estimate of drug-likeness (QED) is 0.0330. The minimum Gasteiger partial charge on any atom is -0.459 e. The Balaban J connectivity index is 1.13. The van der Waals surface area contributed by atoms with Crippen molar-refractivity contribution in [3.8, 4) is 0 Å². The van der Waals surface area contributed by atoms with Crippen molar-refractivity contribution >= 4 is 60.5 Å². The van der Waals surface area contributed by atoms with Crippen molar-refractivity contribution in [1.29, 1.82) is 0 Å². The van der Waals surface area contributed by atoms with Gasteiger partial charge in [-0.3, -0.25) is 0 Å². The van der Waals surface area contributed by atoms with Crippen LogP contribution in [0.5, 0.6) is 0 Å². The molecule has 488 valence electrons. The molecule has 18 nitrogen and oxygen atoms in total. The molecule has 0 bridgehead atoms. The molecule has 0 radical (unpaired) electrons. The molecule has 0 unspecified atom stereocenters. The van der Waals surface area contributed by atoms with Gasteiger partial charge in [0.05, 0.1) is 45.6 Å². The van der Waals surface area contributed by atoms with Crippen molar-refractivity contribution < 1.29 is 85.4 Å². The largest absolute Gasteiger partial charge is 0.459 e. The average Bonchev–Trinajstić information content (AvgIpc) is 1.54. The van der Waals surface area contributed by atoms with Crippen LogP contribution in [0, 0.1) is 0 Å². The molecule has 11 rings (SSSR count). The summed E-state index contributed by atoms with van der Waals surface area (Å²) in [5, 5.41) is 1.03. The Morgan fingerprint density at radius 2 is 0.667 bits per heavy atom. The third kappa shape index (κ3) is 15.4. The summed E-state index contributed by atoms with van der Waals surface area (Å²) in [6, 6.07) is 74.4. The lowest BCUT2D eigenvalue weighted by Gasteiger charge is -2.46. The van der Waals surface area contributed by atoms with Gasteiger partial charge in [-0.25, -0.2) is 33.6 Å². The molecule has 0 aliphatic carbocycles. The lowest BCUT2D eigenvalue weighted by Crippen LogP contribution is -2.67. The van der Waals surface area contributed by atoms with Crippen LogP contribution in [0.15, 0.2) is 273 Å². The Bertz CT molecular complexity index is 4040. The van der Waals surface area contributed by atoms with Crippen LogP contribution in [-0.4, -0.2) is 125 Å². The van der Waals surface area contributed by atoms with Crippen molar-refractivity contribution in [2.45, 2.75) is 80.6 Å². The van der Waals surface area contributed by atoms with Gasteiger partial charge in [-0.1, -0.05) is 209 Å². The minimum atomic E-state index is -3.61. The maximum absolute atomic E-state index is 15.2. The molecule has 9 atom stereocenters. The molecule has 96 heavy (non-hydrogen) atoms. The van der Waals surface area contributed by atoms with Gasteiger partial charge in [-0.05, 0) is 100 Å². The summed E-state index contributed by atoms with van der Waals surface area (Å²) in [5.41, 5.74) is 0.262. The zero-order valence-corrected chi connectivity index (χ0v) is 53.6. The van der Waals surface area contributed by atoms with Crippen LogP contribution in [0.25, 0.3) is 0 Å². The number of benzene rings is 9. The van der Waals surface area contributed by atoms with Crippen LogP contribution in [0.3, 0.4) is 0 Å². The van der Waals surface area contributed by atoms with E-state index in [1.165, 1.54) is 84.9 Å². The molecular formula is C77H68O18Si. The highest BCUT2D eigenvalue weighted by Crippen LogP contribution is 2.44. The van der Waals surface area contributed by atoms with Crippen molar-refractivity contribution in [2.24, 2.45) is 0 Å². The molecule has 2 saturated heterocycles. The van der Waals surface area contributed by atoms with E-state index >= 15 is 4.79 Å². The third-order valence-electron chi connectivity index (χ3n) is 16.3. The topological polar surface area (TPSA) is 221 Å². The van der Waals surface area contributed by atoms with E-state index in [1.54, 1.807) is 127 Å². The molecule has 0 saturated carbocycles. The first-order chi connectivity index (χ1) is 46.6. The Morgan fingerprint density at radius 1 is 0.354 bits per heavy atom. The second kappa shape index (κ2) is 30.6. The van der Waals surface area contributed by atoms with Gasteiger partial charge in [0.2, 0.25) is 12.1 Å². The zero-order chi connectivity index (χ0) is 67.1. The van der Waals surface area contributed by atoms with E-state index in [9.17, 15) is 28.8 Å². The van der Waals surface area contributed by atoms with Gasteiger partial charge in [0, 0.05) is 0 Å². The molecule has 9 aromatic carbocycles. The minimum absolute atomic E-state index is 0.00194. The summed E-state index contributed by atoms with van der Waals surface area (Å²) in [5.74, 6) is -9.56. The van der Waals surface area contributed by atoms with Crippen LogP contribution < -0.4 is 10.4 Å². The molecular weight excluding hydrogens is 1240 g/mol. The molecule has 2 aliphatic heterocycles. The van der Waals surface area contributed by atoms with E-state index in [2.05, 4.69) is 20.8 Å². The average molecular weight is 1310 g/mol. The first-order valence-corrected chi connectivity index (χ1v) is 33.0. The number of esters is 7. The number of ether oxygens (including phenoxy) is 10. The highest BCUT2D eigenvalue weighted by atomic mass is 28.4. The number of carbonyl (C=O) groups is 7. The highest BCUT2D eigenvalue weighted by molar-refractivity contribution is 6.99. The molecule has 19 heteroatoms. The van der Waals surface area contributed by atoms with Gasteiger partial charge in [-0.15, -0.1) is 0 Å². The fraction of sp³-hybridized carbons (Fsp3) is 0.208. The smallest absolute Gasteiger partial charge is 0.338 e. The Hall–Kier alpha value is -10.7. The monoisotopic (exact) mass is 1310 g/mol. The number of rotatable bonds is 23. The van der Waals surface area contributed by atoms with E-state index in [4.69, 9.17) is 51.8 Å². The van der Waals surface area contributed by atoms with Crippen LogP contribution >= 0.6 is 0 Å². The van der Waals surface area contributed by atoms with Crippen LogP contribution in [0.2, 0.25) is 5.04 Å². The highest BCUT2D eigenvalue weighted by Gasteiger charge is 2.66. The van der Waals surface area contributed by atoms with Crippen molar-refractivity contribution in [2.75, 3.05) is 19.8 Å². The van der Waals surface area contributed by atoms with Crippen LogP contribution in [0.1, 0.15) is 93.3 Å². The van der Waals surface area contributed by atoms with Gasteiger partial charge in [-0.2, -0.15) is 0 Å². The zero-order valence-electron chi connectivity index (χ0n) is 52.6. The molecule has 2 aliphatic rings. The van der Waals surface area contributed by atoms with Gasteiger partial charge in [0.1, 0.15) is 25.4 Å². The molecule has 0 aromatic heterocycles. The Morgan fingerprint density at radius 3 is 1.04 bits per heavy atom. The van der Waals surface area contributed by atoms with E-state index < -0.39 is 130 Å². The van der Waals surface area contributed by atoms with E-state index in [0.29, 0.717) is 0 Å². The molecule has 2 fully saturated rings. The fourth-order valence-corrected chi connectivity index (χ4v) is 16.2. The normalized spacial score (nSPS) is 20.7. The number of hydrogen-bond donors (Lipinski definition) is 0. The summed E-state index contributed by atoms with van der Waals surface area (Å²) in [6.45, 7) is 3.88. The number of hydrogen-bond acceptors (Lipinski definition) is 18. The second-order valence-corrected chi connectivity index (χ2v) is 28.0. The maximum Gasteiger partial charge on any atom is 0.338 e. The first kappa shape index (κ1) is 66.8. The van der Waals surface area contributed by atoms with Gasteiger partial charge >= 0.3 is 41.8 Å². The molecule has 0 amide bonds. The SMILES string of the molecule is CC(C)(C)[Si](OC[C@H]1O[C@@](COC(=O)c2ccccc2)(O[C@H]2O[C@H](COC(=O)c3ccccc3)[C@@H](OC(=O)c3ccccc3)[C@H](OC(=O)c3ccccc3)[C@H]2OC(=O)c2ccccc2)[C@@H](OC(=O)c2ccccc2)[C@@H]1OC(=O)c1ccccc1)(c1ccccc1)c1ccccc1. The predicted octanol–water partition coefficient (Wildman–Crippen LogP) is 11.2. The van der Waals surface area contributed by atoms with Crippen LogP contribution in [-0.2, 0) is 51.8 Å².